The van der Waals surface area contributed by atoms with Crippen molar-refractivity contribution in [2.24, 2.45) is 0 Å². The monoisotopic (exact) mass is 333 g/mol. The van der Waals surface area contributed by atoms with Crippen LogP contribution in [0, 0.1) is 13.8 Å². The molecular formula is C14H24Cl2F3N. The first-order valence-electron chi connectivity index (χ1n) is 6.64. The van der Waals surface area contributed by atoms with Gasteiger partial charge >= 0.3 is 6.18 Å². The lowest BCUT2D eigenvalue weighted by atomic mass is 10.2. The first-order chi connectivity index (χ1) is 9.25. The number of hydrogen-bond donors (Lipinski definition) is 0. The Balaban J connectivity index is -0.000000425. The summed E-state index contributed by atoms with van der Waals surface area (Å²) < 4.78 is 37.1. The minimum atomic E-state index is -4.50. The van der Waals surface area contributed by atoms with E-state index in [1.54, 1.807) is 0 Å². The Kier molecular flexibility index (Phi) is 15.1. The zero-order chi connectivity index (χ0) is 17.1. The quantitative estimate of drug-likeness (QED) is 0.493. The number of aromatic nitrogens is 1. The molecule has 6 heteroatoms. The molecule has 1 aromatic rings. The van der Waals surface area contributed by atoms with Crippen LogP contribution in [0.4, 0.5) is 13.2 Å². The minimum absolute atomic E-state index is 0.0668. The summed E-state index contributed by atoms with van der Waals surface area (Å²) in [6.07, 6.45) is -4.50. The van der Waals surface area contributed by atoms with E-state index in [2.05, 4.69) is 4.98 Å². The van der Waals surface area contributed by atoms with Crippen molar-refractivity contribution in [3.8, 4) is 0 Å². The molecule has 0 aliphatic rings. The topological polar surface area (TPSA) is 12.9 Å². The highest BCUT2D eigenvalue weighted by molar-refractivity contribution is 6.42. The van der Waals surface area contributed by atoms with Gasteiger partial charge < -0.3 is 0 Å². The summed E-state index contributed by atoms with van der Waals surface area (Å²) >= 11 is 11.3. The van der Waals surface area contributed by atoms with Crippen molar-refractivity contribution in [2.45, 2.75) is 61.6 Å². The van der Waals surface area contributed by atoms with Gasteiger partial charge in [0.25, 0.3) is 0 Å². The highest BCUT2D eigenvalue weighted by Gasteiger charge is 2.36. The van der Waals surface area contributed by atoms with Gasteiger partial charge in [0.2, 0.25) is 0 Å². The fraction of sp³-hybridized carbons (Fsp3) is 0.643. The van der Waals surface area contributed by atoms with Crippen molar-refractivity contribution in [2.75, 3.05) is 0 Å². The molecule has 0 aliphatic carbocycles. The number of aryl methyl sites for hydroxylation is 1. The summed E-state index contributed by atoms with van der Waals surface area (Å²) in [7, 11) is 0. The maximum atomic E-state index is 12.4. The standard InChI is InChI=1S/C8H6Cl2F3N.3C2H6/c1-3-5(9)6(10)4(2)14-7(3)8(11,12)13;3*1-2/h1-2H3;3*1-2H3. The van der Waals surface area contributed by atoms with Crippen molar-refractivity contribution in [1.29, 1.82) is 0 Å². The second-order valence-corrected chi connectivity index (χ2v) is 3.55. The lowest BCUT2D eigenvalue weighted by molar-refractivity contribution is -0.141. The van der Waals surface area contributed by atoms with E-state index in [4.69, 9.17) is 23.2 Å². The summed E-state index contributed by atoms with van der Waals surface area (Å²) in [6.45, 7) is 14.6. The molecule has 0 unspecified atom stereocenters. The Morgan fingerprint density at radius 3 is 1.45 bits per heavy atom. The summed E-state index contributed by atoms with van der Waals surface area (Å²) in [5, 5.41) is -0.0244. The SMILES string of the molecule is CC.CC.CC.Cc1nc(C(F)(F)F)c(C)c(Cl)c1Cl. The molecule has 0 aromatic carbocycles. The van der Waals surface area contributed by atoms with Crippen molar-refractivity contribution in [3.63, 3.8) is 0 Å². The van der Waals surface area contributed by atoms with Gasteiger partial charge in [0.05, 0.1) is 15.7 Å². The van der Waals surface area contributed by atoms with Crippen LogP contribution in [-0.4, -0.2) is 4.98 Å². The van der Waals surface area contributed by atoms with Crippen LogP contribution < -0.4 is 0 Å². The van der Waals surface area contributed by atoms with Crippen LogP contribution in [0.5, 0.6) is 0 Å². The van der Waals surface area contributed by atoms with Crippen LogP contribution in [-0.2, 0) is 6.18 Å². The molecule has 120 valence electrons. The van der Waals surface area contributed by atoms with Gasteiger partial charge in [0.15, 0.2) is 0 Å². The number of hydrogen-bond acceptors (Lipinski definition) is 1. The van der Waals surface area contributed by atoms with Crippen molar-refractivity contribution < 1.29 is 13.2 Å². The lowest BCUT2D eigenvalue weighted by Gasteiger charge is -2.12. The van der Waals surface area contributed by atoms with E-state index in [1.807, 2.05) is 41.5 Å². The highest BCUT2D eigenvalue weighted by atomic mass is 35.5. The maximum Gasteiger partial charge on any atom is 0.433 e. The molecular weight excluding hydrogens is 310 g/mol. The Morgan fingerprint density at radius 2 is 1.15 bits per heavy atom. The summed E-state index contributed by atoms with van der Waals surface area (Å²) in [5.74, 6) is 0. The van der Waals surface area contributed by atoms with Gasteiger partial charge in [0, 0.05) is 0 Å². The molecule has 0 saturated heterocycles. The van der Waals surface area contributed by atoms with Crippen LogP contribution in [0.25, 0.3) is 0 Å². The first-order valence-corrected chi connectivity index (χ1v) is 7.40. The van der Waals surface area contributed by atoms with Crippen molar-refractivity contribution in [3.05, 3.63) is 27.0 Å². The Labute approximate surface area is 130 Å². The van der Waals surface area contributed by atoms with E-state index >= 15 is 0 Å². The number of alkyl halides is 3. The lowest BCUT2D eigenvalue weighted by Crippen LogP contribution is -2.12. The highest BCUT2D eigenvalue weighted by Crippen LogP contribution is 2.37. The predicted molar refractivity (Wildman–Crippen MR) is 82.8 cm³/mol. The van der Waals surface area contributed by atoms with Gasteiger partial charge in [-0.25, -0.2) is 4.98 Å². The summed E-state index contributed by atoms with van der Waals surface area (Å²) in [6, 6.07) is 0. The largest absolute Gasteiger partial charge is 0.433 e. The third kappa shape index (κ3) is 7.34. The average Bonchev–Trinajstić information content (AvgIpc) is 2.46. The van der Waals surface area contributed by atoms with Gasteiger partial charge in [-0.2, -0.15) is 13.2 Å². The molecule has 1 heterocycles. The maximum absolute atomic E-state index is 12.4. The summed E-state index contributed by atoms with van der Waals surface area (Å²) in [5.41, 5.74) is -1.05. The molecule has 1 rings (SSSR count). The molecule has 0 amide bonds. The molecule has 0 atom stereocenters. The number of pyridine rings is 1. The van der Waals surface area contributed by atoms with Gasteiger partial charge in [-0.05, 0) is 19.4 Å². The normalized spacial score (nSPS) is 9.25. The van der Waals surface area contributed by atoms with Crippen molar-refractivity contribution >= 4 is 23.2 Å². The molecule has 0 spiro atoms. The fourth-order valence-corrected chi connectivity index (χ4v) is 1.41. The first kappa shape index (κ1) is 24.5. The third-order valence-corrected chi connectivity index (χ3v) is 2.77. The van der Waals surface area contributed by atoms with E-state index < -0.39 is 11.9 Å². The van der Waals surface area contributed by atoms with Crippen LogP contribution in [0.3, 0.4) is 0 Å². The Morgan fingerprint density at radius 1 is 0.800 bits per heavy atom. The molecule has 20 heavy (non-hydrogen) atoms. The van der Waals surface area contributed by atoms with E-state index in [0.29, 0.717) is 0 Å². The molecule has 0 fully saturated rings. The third-order valence-electron chi connectivity index (χ3n) is 1.74. The van der Waals surface area contributed by atoms with Gasteiger partial charge in [-0.3, -0.25) is 0 Å². The molecule has 0 bridgehead atoms. The Hall–Kier alpha value is -0.480. The fourth-order valence-electron chi connectivity index (χ4n) is 1.00. The van der Waals surface area contributed by atoms with E-state index in [1.165, 1.54) is 13.8 Å². The number of halogens is 5. The van der Waals surface area contributed by atoms with Gasteiger partial charge in [-0.15, -0.1) is 0 Å². The molecule has 1 aromatic heterocycles. The average molecular weight is 334 g/mol. The van der Waals surface area contributed by atoms with Gasteiger partial charge in [-0.1, -0.05) is 64.7 Å². The van der Waals surface area contributed by atoms with Crippen LogP contribution in [0.15, 0.2) is 0 Å². The van der Waals surface area contributed by atoms with Crippen LogP contribution in [0.1, 0.15) is 58.5 Å². The zero-order valence-corrected chi connectivity index (χ0v) is 14.8. The second kappa shape index (κ2) is 12.3. The molecule has 1 nitrogen and oxygen atoms in total. The molecule has 0 N–H and O–H groups in total. The van der Waals surface area contributed by atoms with E-state index in [0.717, 1.165) is 0 Å². The minimum Gasteiger partial charge on any atom is -0.247 e. The van der Waals surface area contributed by atoms with Crippen molar-refractivity contribution in [1.82, 2.24) is 4.98 Å². The Bertz CT molecular complexity index is 378. The van der Waals surface area contributed by atoms with E-state index in [-0.39, 0.29) is 21.3 Å². The molecule has 0 aliphatic heterocycles. The van der Waals surface area contributed by atoms with Gasteiger partial charge in [0.1, 0.15) is 5.69 Å². The van der Waals surface area contributed by atoms with Crippen LogP contribution >= 0.6 is 23.2 Å². The second-order valence-electron chi connectivity index (χ2n) is 2.80. The number of rotatable bonds is 0. The van der Waals surface area contributed by atoms with E-state index in [9.17, 15) is 13.2 Å². The molecule has 0 radical (unpaired) electrons. The zero-order valence-electron chi connectivity index (χ0n) is 13.3. The van der Waals surface area contributed by atoms with Crippen LogP contribution in [0.2, 0.25) is 10.0 Å². The predicted octanol–water partition coefficient (Wildman–Crippen LogP) is 7.10. The molecule has 0 saturated carbocycles. The number of nitrogens with zero attached hydrogens (tertiary/aromatic N) is 1. The smallest absolute Gasteiger partial charge is 0.247 e. The summed E-state index contributed by atoms with van der Waals surface area (Å²) in [4.78, 5) is 3.36.